The van der Waals surface area contributed by atoms with Gasteiger partial charge in [-0.25, -0.2) is 14.1 Å². The van der Waals surface area contributed by atoms with E-state index in [0.717, 1.165) is 0 Å². The van der Waals surface area contributed by atoms with Crippen LogP contribution in [0.1, 0.15) is 18.7 Å². The van der Waals surface area contributed by atoms with Gasteiger partial charge >= 0.3 is 0 Å². The summed E-state index contributed by atoms with van der Waals surface area (Å²) in [6.45, 7) is 1.80. The van der Waals surface area contributed by atoms with Crippen molar-refractivity contribution in [1.82, 2.24) is 24.7 Å². The van der Waals surface area contributed by atoms with E-state index >= 15 is 0 Å². The zero-order valence-corrected chi connectivity index (χ0v) is 17.0. The molecule has 1 amide bonds. The van der Waals surface area contributed by atoms with Crippen molar-refractivity contribution in [3.05, 3.63) is 95.8 Å². The molecule has 0 radical (unpaired) electrons. The van der Waals surface area contributed by atoms with Crippen molar-refractivity contribution >= 4 is 17.7 Å². The normalized spacial score (nSPS) is 15.1. The topological polar surface area (TPSA) is 97.6 Å². The summed E-state index contributed by atoms with van der Waals surface area (Å²) in [4.78, 5) is 26.5. The highest BCUT2D eigenvalue weighted by molar-refractivity contribution is 6.05. The monoisotopic (exact) mass is 427 g/mol. The molecule has 158 valence electrons. The third kappa shape index (κ3) is 3.60. The van der Waals surface area contributed by atoms with Gasteiger partial charge < -0.3 is 10.6 Å². The van der Waals surface area contributed by atoms with Crippen molar-refractivity contribution in [1.29, 1.82) is 0 Å². The van der Waals surface area contributed by atoms with Crippen molar-refractivity contribution < 1.29 is 9.18 Å². The highest BCUT2D eigenvalue weighted by Gasteiger charge is 2.35. The Balaban J connectivity index is 1.59. The van der Waals surface area contributed by atoms with Crippen LogP contribution >= 0.6 is 0 Å². The van der Waals surface area contributed by atoms with Crippen LogP contribution < -0.4 is 10.6 Å². The lowest BCUT2D eigenvalue weighted by molar-refractivity contribution is -0.113. The van der Waals surface area contributed by atoms with Gasteiger partial charge in [-0.05, 0) is 55.5 Å². The molecule has 0 spiro atoms. The summed E-state index contributed by atoms with van der Waals surface area (Å²) < 4.78 is 15.0. The van der Waals surface area contributed by atoms with E-state index in [1.807, 2.05) is 12.1 Å². The first-order chi connectivity index (χ1) is 15.6. The number of anilines is 2. The summed E-state index contributed by atoms with van der Waals surface area (Å²) in [5.41, 5.74) is 2.36. The molecule has 1 unspecified atom stereocenters. The van der Waals surface area contributed by atoms with E-state index in [9.17, 15) is 9.18 Å². The minimum absolute atomic E-state index is 0.325. The van der Waals surface area contributed by atoms with E-state index in [1.54, 1.807) is 60.4 Å². The fourth-order valence-electron chi connectivity index (χ4n) is 3.60. The number of amides is 1. The van der Waals surface area contributed by atoms with Gasteiger partial charge in [0.25, 0.3) is 5.91 Å². The first kappa shape index (κ1) is 19.6. The van der Waals surface area contributed by atoms with Crippen molar-refractivity contribution in [2.75, 3.05) is 10.6 Å². The average Bonchev–Trinajstić information content (AvgIpc) is 3.23. The van der Waals surface area contributed by atoms with Crippen molar-refractivity contribution in [2.45, 2.75) is 13.0 Å². The molecule has 3 aromatic heterocycles. The number of hydrogen-bond acceptors (Lipinski definition) is 6. The lowest BCUT2D eigenvalue weighted by Gasteiger charge is -2.27. The number of rotatable bonds is 4. The van der Waals surface area contributed by atoms with Crippen LogP contribution in [-0.2, 0) is 4.79 Å². The van der Waals surface area contributed by atoms with Crippen LogP contribution in [0.2, 0.25) is 0 Å². The molecule has 1 atom stereocenters. The molecule has 0 bridgehead atoms. The molecular formula is C23H18FN7O. The number of pyridine rings is 2. The van der Waals surface area contributed by atoms with Gasteiger partial charge in [0.1, 0.15) is 17.7 Å². The third-order valence-corrected chi connectivity index (χ3v) is 5.07. The minimum atomic E-state index is -0.613. The number of benzene rings is 1. The maximum atomic E-state index is 13.4. The minimum Gasteiger partial charge on any atom is -0.328 e. The summed E-state index contributed by atoms with van der Waals surface area (Å²) in [5, 5.41) is 10.6. The quantitative estimate of drug-likeness (QED) is 0.514. The number of allylic oxidation sites excluding steroid dienone is 1. The first-order valence-corrected chi connectivity index (χ1v) is 9.94. The molecule has 4 heterocycles. The Morgan fingerprint density at radius 1 is 1.03 bits per heavy atom. The van der Waals surface area contributed by atoms with Gasteiger partial charge in [-0.3, -0.25) is 9.78 Å². The van der Waals surface area contributed by atoms with Crippen LogP contribution in [-0.4, -0.2) is 30.6 Å². The summed E-state index contributed by atoms with van der Waals surface area (Å²) in [5.74, 6) is 0.649. The maximum Gasteiger partial charge on any atom is 0.257 e. The lowest BCUT2D eigenvalue weighted by atomic mass is 9.99. The summed E-state index contributed by atoms with van der Waals surface area (Å²) >= 11 is 0. The number of carbonyl (C=O) groups excluding carboxylic acids is 1. The van der Waals surface area contributed by atoms with Crippen molar-refractivity contribution in [3.63, 3.8) is 0 Å². The van der Waals surface area contributed by atoms with E-state index in [0.29, 0.717) is 40.1 Å². The molecule has 9 heteroatoms. The van der Waals surface area contributed by atoms with Gasteiger partial charge in [0.05, 0.1) is 11.3 Å². The Morgan fingerprint density at radius 3 is 2.47 bits per heavy atom. The second kappa shape index (κ2) is 8.03. The highest BCUT2D eigenvalue weighted by Crippen LogP contribution is 2.35. The van der Waals surface area contributed by atoms with E-state index in [-0.39, 0.29) is 11.7 Å². The number of hydrogen-bond donors (Lipinski definition) is 2. The zero-order valence-electron chi connectivity index (χ0n) is 17.0. The largest absolute Gasteiger partial charge is 0.328 e. The van der Waals surface area contributed by atoms with E-state index in [4.69, 9.17) is 0 Å². The maximum absolute atomic E-state index is 13.4. The lowest BCUT2D eigenvalue weighted by Crippen LogP contribution is -2.32. The molecule has 1 aromatic carbocycles. The molecule has 32 heavy (non-hydrogen) atoms. The second-order valence-electron chi connectivity index (χ2n) is 7.20. The van der Waals surface area contributed by atoms with E-state index < -0.39 is 6.04 Å². The van der Waals surface area contributed by atoms with Crippen LogP contribution in [0.25, 0.3) is 11.4 Å². The van der Waals surface area contributed by atoms with E-state index in [1.165, 1.54) is 12.1 Å². The molecule has 0 saturated carbocycles. The second-order valence-corrected chi connectivity index (χ2v) is 7.20. The summed E-state index contributed by atoms with van der Waals surface area (Å²) in [6.07, 6.45) is 3.27. The molecule has 0 saturated heterocycles. The smallest absolute Gasteiger partial charge is 0.257 e. The van der Waals surface area contributed by atoms with Crippen LogP contribution in [0, 0.1) is 5.82 Å². The molecular weight excluding hydrogens is 409 g/mol. The highest BCUT2D eigenvalue weighted by atomic mass is 19.1. The molecule has 5 rings (SSSR count). The fourth-order valence-corrected chi connectivity index (χ4v) is 3.60. The molecule has 0 aliphatic carbocycles. The van der Waals surface area contributed by atoms with Crippen molar-refractivity contribution in [3.8, 4) is 11.4 Å². The average molecular weight is 427 g/mol. The SMILES string of the molecule is CC1=C(C(=O)Nc2ccccn2)C(c2ccccn2)n2nc(-c3ccc(F)cc3)nc2N1. The Kier molecular flexibility index (Phi) is 4.91. The molecule has 2 N–H and O–H groups in total. The Hall–Kier alpha value is -4.40. The van der Waals surface area contributed by atoms with Gasteiger partial charge in [0, 0.05) is 23.7 Å². The molecule has 4 aromatic rings. The number of halogens is 1. The summed E-state index contributed by atoms with van der Waals surface area (Å²) in [6, 6.07) is 16.1. The molecule has 0 fully saturated rings. The number of aromatic nitrogens is 5. The molecule has 1 aliphatic rings. The number of nitrogens with zero attached hydrogens (tertiary/aromatic N) is 5. The predicted molar refractivity (Wildman–Crippen MR) is 117 cm³/mol. The van der Waals surface area contributed by atoms with Gasteiger partial charge in [-0.15, -0.1) is 5.10 Å². The van der Waals surface area contributed by atoms with Crippen LogP contribution in [0.5, 0.6) is 0 Å². The third-order valence-electron chi connectivity index (χ3n) is 5.07. The Morgan fingerprint density at radius 2 is 1.78 bits per heavy atom. The number of carbonyl (C=O) groups is 1. The predicted octanol–water partition coefficient (Wildman–Crippen LogP) is 3.80. The van der Waals surface area contributed by atoms with Crippen LogP contribution in [0.15, 0.2) is 84.3 Å². The number of nitrogens with one attached hydrogen (secondary N) is 2. The zero-order chi connectivity index (χ0) is 22.1. The van der Waals surface area contributed by atoms with Gasteiger partial charge in [0.15, 0.2) is 5.82 Å². The number of fused-ring (bicyclic) bond motifs is 1. The Labute approximate surface area is 182 Å². The molecule has 8 nitrogen and oxygen atoms in total. The van der Waals surface area contributed by atoms with Crippen LogP contribution in [0.3, 0.4) is 0 Å². The van der Waals surface area contributed by atoms with Gasteiger partial charge in [-0.1, -0.05) is 12.1 Å². The first-order valence-electron chi connectivity index (χ1n) is 9.94. The summed E-state index contributed by atoms with van der Waals surface area (Å²) in [7, 11) is 0. The standard InChI is InChI=1S/C23H18FN7O/c1-14-19(22(32)28-18-7-3-5-13-26-18)20(17-6-2-4-12-25-17)31-23(27-14)29-21(30-31)15-8-10-16(24)11-9-15/h2-13,20H,1H3,(H,26,28,32)(H,27,29,30). The van der Waals surface area contributed by atoms with Crippen molar-refractivity contribution in [2.24, 2.45) is 0 Å². The molecule has 1 aliphatic heterocycles. The van der Waals surface area contributed by atoms with E-state index in [2.05, 4.69) is 30.7 Å². The fraction of sp³-hybridized carbons (Fsp3) is 0.0870. The van der Waals surface area contributed by atoms with Gasteiger partial charge in [0.2, 0.25) is 5.95 Å². The van der Waals surface area contributed by atoms with Crippen LogP contribution in [0.4, 0.5) is 16.2 Å². The Bertz CT molecular complexity index is 1300. The van der Waals surface area contributed by atoms with Gasteiger partial charge in [-0.2, -0.15) is 4.98 Å².